The molecule has 12 atom stereocenters. The predicted octanol–water partition coefficient (Wildman–Crippen LogP) is 14.7. The topological polar surface area (TPSA) is 233 Å². The van der Waals surface area contributed by atoms with Gasteiger partial charge in [-0.05, 0) is 97.8 Å². The molecule has 15 N–H and O–H groups in total. The Bertz CT molecular complexity index is 3160. The van der Waals surface area contributed by atoms with Crippen molar-refractivity contribution < 1.29 is 29.5 Å². The molecule has 6 fully saturated rings. The van der Waals surface area contributed by atoms with Crippen LogP contribution in [0.2, 0.25) is 0 Å². The van der Waals surface area contributed by atoms with E-state index >= 15 is 0 Å². The average molecular weight is 1510 g/mol. The third kappa shape index (κ3) is 22.8. The van der Waals surface area contributed by atoms with Crippen LogP contribution in [0.5, 0.6) is 34.5 Å². The Morgan fingerprint density at radius 2 is 0.336 bits per heavy atom. The zero-order valence-corrected chi connectivity index (χ0v) is 65.5. The molecule has 6 aliphatic carbocycles. The van der Waals surface area contributed by atoms with E-state index in [0.29, 0.717) is 149 Å². The normalized spacial score (nSPS) is 27.2. The van der Waals surface area contributed by atoms with Crippen molar-refractivity contribution >= 4 is 0 Å². The Kier molecular flexibility index (Phi) is 33.6. The number of aromatic hydroxyl groups is 3. The Labute approximate surface area is 660 Å². The number of ether oxygens (including phenoxy) is 3. The highest BCUT2D eigenvalue weighted by molar-refractivity contribution is 5.46. The zero-order chi connectivity index (χ0) is 74.2. The smallest absolute Gasteiger partial charge is 0.128 e. The summed E-state index contributed by atoms with van der Waals surface area (Å²) < 4.78 is 19.3. The van der Waals surface area contributed by atoms with Crippen molar-refractivity contribution in [2.45, 2.75) is 341 Å². The molecule has 0 aromatic heterocycles. The molecule has 18 heteroatoms. The van der Waals surface area contributed by atoms with Crippen LogP contribution >= 0.6 is 0 Å². The minimum atomic E-state index is 0. The Morgan fingerprint density at radius 1 is 0.218 bits per heavy atom. The number of hydrogen-bond acceptors (Lipinski definition) is 18. The SMILES string of the molecule is C.C.CCOc1c2cccc1CNC1CCCCC1NCc1cccc(c1OCC)CNC1CCCCC1NCc1cccc(c1OCC)CNC1CCCCC1NC2.Oc1c2cccc1CNC1CCCCC1NCc1cccc(c1O)CNC1CCCCC1NCc1cccc(c1O)CNC1CCCCC1NC2. The molecule has 0 amide bonds. The molecule has 2 aliphatic heterocycles. The van der Waals surface area contributed by atoms with Crippen molar-refractivity contribution in [3.63, 3.8) is 0 Å². The third-order valence-corrected chi connectivity index (χ3v) is 25.3. The molecule has 18 nitrogen and oxygen atoms in total. The molecule has 6 aromatic rings. The summed E-state index contributed by atoms with van der Waals surface area (Å²) in [6.45, 7) is 16.7. The molecule has 6 aromatic carbocycles. The van der Waals surface area contributed by atoms with Gasteiger partial charge in [0.25, 0.3) is 0 Å². The number of fused-ring (bicyclic) bond motifs is 18. The van der Waals surface area contributed by atoms with Crippen molar-refractivity contribution in [2.75, 3.05) is 19.8 Å². The molecule has 12 unspecified atom stereocenters. The molecule has 0 saturated heterocycles. The lowest BCUT2D eigenvalue weighted by Crippen LogP contribution is -2.49. The van der Waals surface area contributed by atoms with E-state index < -0.39 is 0 Å². The quantitative estimate of drug-likeness (QED) is 0.0743. The summed E-state index contributed by atoms with van der Waals surface area (Å²) in [6.07, 6.45) is 28.3. The molecule has 110 heavy (non-hydrogen) atoms. The van der Waals surface area contributed by atoms with Crippen LogP contribution in [0, 0.1) is 0 Å². The maximum Gasteiger partial charge on any atom is 0.128 e. The van der Waals surface area contributed by atoms with Gasteiger partial charge in [-0.3, -0.25) is 0 Å². The second kappa shape index (κ2) is 43.8. The van der Waals surface area contributed by atoms with Gasteiger partial charge in [-0.15, -0.1) is 0 Å². The van der Waals surface area contributed by atoms with Crippen LogP contribution < -0.4 is 78.0 Å². The van der Waals surface area contributed by atoms with E-state index in [-0.39, 0.29) is 14.9 Å². The third-order valence-electron chi connectivity index (χ3n) is 25.3. The van der Waals surface area contributed by atoms with Crippen molar-refractivity contribution in [1.29, 1.82) is 0 Å². The van der Waals surface area contributed by atoms with Crippen LogP contribution in [0.25, 0.3) is 0 Å². The van der Waals surface area contributed by atoms with E-state index in [2.05, 4.69) is 157 Å². The molecule has 14 rings (SSSR count). The summed E-state index contributed by atoms with van der Waals surface area (Å²) >= 11 is 0. The first kappa shape index (κ1) is 84.5. The average Bonchev–Trinajstić information content (AvgIpc) is 0.898. The predicted molar refractivity (Wildman–Crippen MR) is 449 cm³/mol. The molecule has 2 heterocycles. The van der Waals surface area contributed by atoms with Gasteiger partial charge < -0.3 is 93.3 Å². The van der Waals surface area contributed by atoms with Crippen molar-refractivity contribution in [3.8, 4) is 34.5 Å². The first-order valence-electron chi connectivity index (χ1n) is 42.6. The van der Waals surface area contributed by atoms with E-state index in [9.17, 15) is 15.3 Å². The molecule has 0 radical (unpaired) electrons. The Morgan fingerprint density at radius 3 is 0.464 bits per heavy atom. The minimum absolute atomic E-state index is 0. The fourth-order valence-corrected chi connectivity index (χ4v) is 19.1. The lowest BCUT2D eigenvalue weighted by Gasteiger charge is -2.34. The van der Waals surface area contributed by atoms with Gasteiger partial charge in [-0.2, -0.15) is 0 Å². The zero-order valence-electron chi connectivity index (χ0n) is 65.5. The first-order chi connectivity index (χ1) is 53.2. The van der Waals surface area contributed by atoms with Crippen LogP contribution in [0.4, 0.5) is 0 Å². The summed E-state index contributed by atoms with van der Waals surface area (Å²) in [5.74, 6) is 4.24. The van der Waals surface area contributed by atoms with E-state index in [4.69, 9.17) is 14.2 Å². The largest absolute Gasteiger partial charge is 0.507 e. The van der Waals surface area contributed by atoms with Gasteiger partial charge in [0.05, 0.1) is 19.8 Å². The van der Waals surface area contributed by atoms with E-state index in [1.54, 1.807) is 0 Å². The van der Waals surface area contributed by atoms with Crippen molar-refractivity contribution in [2.24, 2.45) is 0 Å². The number of hydrogen-bond donors (Lipinski definition) is 15. The van der Waals surface area contributed by atoms with E-state index in [0.717, 1.165) is 128 Å². The van der Waals surface area contributed by atoms with Gasteiger partial charge in [-0.1, -0.05) is 201 Å². The highest BCUT2D eigenvalue weighted by atomic mass is 16.5. The number of rotatable bonds is 6. The fraction of sp³-hybridized carbons (Fsp3) is 0.609. The second-order valence-electron chi connectivity index (χ2n) is 32.3. The van der Waals surface area contributed by atoms with Crippen LogP contribution in [-0.4, -0.2) is 108 Å². The fourth-order valence-electron chi connectivity index (χ4n) is 19.1. The number of phenolic OH excluding ortho intramolecular Hbond substituents is 3. The van der Waals surface area contributed by atoms with Gasteiger partial charge >= 0.3 is 0 Å². The molecule has 12 bridgehead atoms. The first-order valence-corrected chi connectivity index (χ1v) is 42.6. The number of para-hydroxylation sites is 6. The van der Waals surface area contributed by atoms with Crippen LogP contribution in [0.15, 0.2) is 109 Å². The summed E-state index contributed by atoms with van der Waals surface area (Å²) in [4.78, 5) is 0. The maximum atomic E-state index is 11.4. The van der Waals surface area contributed by atoms with E-state index in [1.807, 2.05) is 36.4 Å². The van der Waals surface area contributed by atoms with Gasteiger partial charge in [0.15, 0.2) is 0 Å². The van der Waals surface area contributed by atoms with Gasteiger partial charge in [0, 0.05) is 218 Å². The molecule has 604 valence electrons. The minimum Gasteiger partial charge on any atom is -0.507 e. The molecular weight excluding hydrogens is 1370 g/mol. The van der Waals surface area contributed by atoms with Crippen LogP contribution in [0.1, 0.15) is 256 Å². The highest BCUT2D eigenvalue weighted by Gasteiger charge is 2.33. The lowest BCUT2D eigenvalue weighted by molar-refractivity contribution is 0.272. The Hall–Kier alpha value is -6.36. The van der Waals surface area contributed by atoms with Gasteiger partial charge in [0.2, 0.25) is 0 Å². The van der Waals surface area contributed by atoms with Crippen molar-refractivity contribution in [1.82, 2.24) is 63.8 Å². The van der Waals surface area contributed by atoms with Crippen molar-refractivity contribution in [3.05, 3.63) is 176 Å². The monoisotopic (exact) mass is 1510 g/mol. The second-order valence-corrected chi connectivity index (χ2v) is 32.3. The van der Waals surface area contributed by atoms with Crippen LogP contribution in [-0.2, 0) is 78.5 Å². The molecule has 8 aliphatic rings. The molecular formula is C92H140N12O6. The molecule has 6 saturated carbocycles. The summed E-state index contributed by atoms with van der Waals surface area (Å²) in [5, 5.41) is 80.9. The van der Waals surface area contributed by atoms with Gasteiger partial charge in [0.1, 0.15) is 34.5 Å². The maximum absolute atomic E-state index is 11.4. The summed E-state index contributed by atoms with van der Waals surface area (Å²) in [7, 11) is 0. The number of benzene rings is 6. The summed E-state index contributed by atoms with van der Waals surface area (Å²) in [6, 6.07) is 42.6. The Balaban J connectivity index is 0.000000215. The summed E-state index contributed by atoms with van der Waals surface area (Å²) in [5.41, 5.74) is 13.0. The highest BCUT2D eigenvalue weighted by Crippen LogP contribution is 2.35. The standard InChI is InChI=1S/C48H72N6O3.C42H60N6O3.2CH4/c1-4-55-46-34-16-13-17-35(46)29-50-41-23-8-10-25-43(41)52-31-37-19-15-21-39(48(37)57-6-3)33-54-45-27-12-11-26-44(45)53-32-38-20-14-18-36(47(38)56-5-2)30-51-42-24-9-7-22-40(42)49-28-34;49-40-28-10-7-12-30(40)24-45-36-18-3-4-19-37(36)47-26-32-14-9-15-33(42(32)51)27-48-39-21-6-5-20-38(39)46-25-31-13-8-11-29(41(31)50)23-44-35-17-2-1-16-34(35)43-22-28;;/h13-21,40-45,49-54H,4-12,22-33H2,1-3H3;7-15,34-39,43-51H,1-6,16-27H2;2*1H4. The number of phenols is 3. The number of nitrogens with one attached hydrogen (secondary N) is 12. The van der Waals surface area contributed by atoms with E-state index in [1.165, 1.54) is 149 Å². The molecule has 0 spiro atoms. The van der Waals surface area contributed by atoms with Crippen LogP contribution in [0.3, 0.4) is 0 Å². The lowest BCUT2D eigenvalue weighted by atomic mass is 9.89. The van der Waals surface area contributed by atoms with Gasteiger partial charge in [-0.25, -0.2) is 0 Å².